The Bertz CT molecular complexity index is 713. The van der Waals surface area contributed by atoms with Crippen molar-refractivity contribution in [2.75, 3.05) is 32.5 Å². The zero-order valence-corrected chi connectivity index (χ0v) is 13.2. The maximum absolute atomic E-state index is 11.6. The zero-order valence-electron chi connectivity index (χ0n) is 11.6. The first-order chi connectivity index (χ1) is 9.54. The van der Waals surface area contributed by atoms with E-state index in [2.05, 4.69) is 40.9 Å². The normalized spacial score (nSPS) is 12.2. The number of hydrogen-bond acceptors (Lipinski definition) is 6. The Morgan fingerprint density at radius 1 is 1.50 bits per heavy atom. The molecule has 2 heterocycles. The fourth-order valence-electron chi connectivity index (χ4n) is 1.64. The number of anilines is 1. The maximum atomic E-state index is 11.6. The van der Waals surface area contributed by atoms with E-state index in [-0.39, 0.29) is 5.56 Å². The van der Waals surface area contributed by atoms with Gasteiger partial charge in [-0.2, -0.15) is 0 Å². The molecule has 5 nitrogen and oxygen atoms in total. The van der Waals surface area contributed by atoms with Gasteiger partial charge in [0, 0.05) is 12.7 Å². The Kier molecular flexibility index (Phi) is 5.11. The van der Waals surface area contributed by atoms with Gasteiger partial charge >= 0.3 is 0 Å². The van der Waals surface area contributed by atoms with E-state index in [1.54, 1.807) is 17.5 Å². The highest BCUT2D eigenvalue weighted by atomic mass is 32.1. The van der Waals surface area contributed by atoms with Gasteiger partial charge in [-0.05, 0) is 33.1 Å². The lowest BCUT2D eigenvalue weighted by Gasteiger charge is -2.08. The van der Waals surface area contributed by atoms with Crippen LogP contribution in [0.25, 0.3) is 12.7 Å². The van der Waals surface area contributed by atoms with Crippen LogP contribution in [0, 0.1) is 0 Å². The van der Waals surface area contributed by atoms with Gasteiger partial charge in [-0.3, -0.25) is 4.79 Å². The van der Waals surface area contributed by atoms with Crippen LogP contribution in [-0.4, -0.2) is 42.1 Å². The Hall–Kier alpha value is -1.44. The average Bonchev–Trinajstić information content (AvgIpc) is 2.93. The number of aromatic nitrogens is 2. The molecule has 0 radical (unpaired) electrons. The third-order valence-electron chi connectivity index (χ3n) is 2.57. The number of H-pyrrole nitrogens is 1. The van der Waals surface area contributed by atoms with Crippen molar-refractivity contribution in [3.63, 3.8) is 0 Å². The molecule has 0 fully saturated rings. The molecule has 7 heteroatoms. The first-order valence-corrected chi connectivity index (χ1v) is 7.92. The first-order valence-electron chi connectivity index (χ1n) is 6.29. The molecule has 0 bridgehead atoms. The van der Waals surface area contributed by atoms with Gasteiger partial charge in [0.05, 0.1) is 14.1 Å². The van der Waals surface area contributed by atoms with Gasteiger partial charge < -0.3 is 15.2 Å². The molecule has 0 aliphatic carbocycles. The van der Waals surface area contributed by atoms with E-state index in [1.807, 2.05) is 6.08 Å². The van der Waals surface area contributed by atoms with Crippen molar-refractivity contribution >= 4 is 40.5 Å². The number of aromatic amines is 1. The number of hydrogen-bond donors (Lipinski definition) is 2. The second-order valence-corrected chi connectivity index (χ2v) is 6.84. The third kappa shape index (κ3) is 4.29. The lowest BCUT2D eigenvalue weighted by molar-refractivity contribution is 0.405. The standard InChI is InChI=1S/C13H18N4OS2/c1-9-16-12(18)11(19-9)7-10-8-15-13(20-10)14-5-4-6-17(2)3/h7-8H,1,4-6H2,2-3H3,(H,14,15)(H,16,18)/b11-7-. The second kappa shape index (κ2) is 6.83. The summed E-state index contributed by atoms with van der Waals surface area (Å²) in [5, 5.41) is 4.18. The van der Waals surface area contributed by atoms with Gasteiger partial charge in [0.2, 0.25) is 0 Å². The van der Waals surface area contributed by atoms with Gasteiger partial charge in [0.1, 0.15) is 0 Å². The van der Waals surface area contributed by atoms with Crippen molar-refractivity contribution in [2.24, 2.45) is 0 Å². The van der Waals surface area contributed by atoms with Crippen LogP contribution in [0.5, 0.6) is 0 Å². The monoisotopic (exact) mass is 310 g/mol. The highest BCUT2D eigenvalue weighted by Gasteiger charge is 2.00. The molecule has 0 amide bonds. The van der Waals surface area contributed by atoms with Crippen molar-refractivity contribution in [3.05, 3.63) is 30.6 Å². The minimum Gasteiger partial charge on any atom is -0.361 e. The molecule has 0 atom stereocenters. The summed E-state index contributed by atoms with van der Waals surface area (Å²) in [4.78, 5) is 21.7. The molecule has 20 heavy (non-hydrogen) atoms. The van der Waals surface area contributed by atoms with Crippen molar-refractivity contribution in [2.45, 2.75) is 6.42 Å². The molecule has 0 unspecified atom stereocenters. The van der Waals surface area contributed by atoms with E-state index in [9.17, 15) is 4.79 Å². The molecule has 2 aromatic heterocycles. The van der Waals surface area contributed by atoms with E-state index in [0.29, 0.717) is 9.20 Å². The van der Waals surface area contributed by atoms with Crippen LogP contribution in [0.1, 0.15) is 11.3 Å². The van der Waals surface area contributed by atoms with Crippen molar-refractivity contribution in [3.8, 4) is 0 Å². The summed E-state index contributed by atoms with van der Waals surface area (Å²) in [7, 11) is 4.12. The van der Waals surface area contributed by atoms with Crippen molar-refractivity contribution < 1.29 is 0 Å². The van der Waals surface area contributed by atoms with Gasteiger partial charge in [-0.25, -0.2) is 4.98 Å². The summed E-state index contributed by atoms with van der Waals surface area (Å²) in [6, 6.07) is 0. The molecule has 2 N–H and O–H groups in total. The summed E-state index contributed by atoms with van der Waals surface area (Å²) in [5.74, 6) is 0. The minimum absolute atomic E-state index is 0.0890. The second-order valence-electron chi connectivity index (χ2n) is 4.64. The molecule has 0 aliphatic heterocycles. The Labute approximate surface area is 125 Å². The molecule has 0 saturated carbocycles. The van der Waals surface area contributed by atoms with Gasteiger partial charge in [-0.15, -0.1) is 11.3 Å². The predicted octanol–water partition coefficient (Wildman–Crippen LogP) is 0.496. The smallest absolute Gasteiger partial charge is 0.266 e. The lowest BCUT2D eigenvalue weighted by Crippen LogP contribution is -2.19. The molecular weight excluding hydrogens is 292 g/mol. The Morgan fingerprint density at radius 2 is 2.30 bits per heavy atom. The quantitative estimate of drug-likeness (QED) is 0.763. The van der Waals surface area contributed by atoms with Crippen LogP contribution in [0.15, 0.2) is 11.0 Å². The van der Waals surface area contributed by atoms with Crippen LogP contribution in [-0.2, 0) is 0 Å². The third-order valence-corrected chi connectivity index (χ3v) is 4.34. The molecule has 108 valence electrons. The highest BCUT2D eigenvalue weighted by Crippen LogP contribution is 2.18. The van der Waals surface area contributed by atoms with Crippen LogP contribution >= 0.6 is 22.7 Å². The maximum Gasteiger partial charge on any atom is 0.266 e. The molecule has 0 spiro atoms. The SMILES string of the molecule is C=c1[nH]c(=O)/c(=C/c2cnc(NCCCN(C)C)s2)s1. The molecule has 0 aromatic carbocycles. The summed E-state index contributed by atoms with van der Waals surface area (Å²) in [6.07, 6.45) is 4.70. The van der Waals surface area contributed by atoms with E-state index in [0.717, 1.165) is 29.5 Å². The van der Waals surface area contributed by atoms with Gasteiger partial charge in [0.25, 0.3) is 5.56 Å². The van der Waals surface area contributed by atoms with Gasteiger partial charge in [0.15, 0.2) is 5.13 Å². The van der Waals surface area contributed by atoms with Crippen molar-refractivity contribution in [1.82, 2.24) is 14.9 Å². The summed E-state index contributed by atoms with van der Waals surface area (Å²) >= 11 is 2.91. The Balaban J connectivity index is 1.99. The van der Waals surface area contributed by atoms with E-state index >= 15 is 0 Å². The number of nitrogens with zero attached hydrogens (tertiary/aromatic N) is 2. The fraction of sp³-hybridized carbons (Fsp3) is 0.385. The van der Waals surface area contributed by atoms with Crippen molar-refractivity contribution in [1.29, 1.82) is 0 Å². The minimum atomic E-state index is -0.0890. The summed E-state index contributed by atoms with van der Waals surface area (Å²) in [5.41, 5.74) is -0.0890. The highest BCUT2D eigenvalue weighted by molar-refractivity contribution is 7.16. The predicted molar refractivity (Wildman–Crippen MR) is 87.1 cm³/mol. The van der Waals surface area contributed by atoms with Crippen LogP contribution in [0.4, 0.5) is 5.13 Å². The number of thiazole rings is 2. The van der Waals surface area contributed by atoms with E-state index < -0.39 is 0 Å². The lowest BCUT2D eigenvalue weighted by atomic mass is 10.4. The Morgan fingerprint density at radius 3 is 2.95 bits per heavy atom. The topological polar surface area (TPSA) is 61.0 Å². The molecule has 0 aliphatic rings. The summed E-state index contributed by atoms with van der Waals surface area (Å²) < 4.78 is 1.34. The largest absolute Gasteiger partial charge is 0.361 e. The van der Waals surface area contributed by atoms with E-state index in [4.69, 9.17) is 0 Å². The van der Waals surface area contributed by atoms with Gasteiger partial charge in [-0.1, -0.05) is 17.9 Å². The zero-order chi connectivity index (χ0) is 14.5. The molecule has 0 saturated heterocycles. The number of nitrogens with one attached hydrogen (secondary N) is 2. The molecule has 2 rings (SSSR count). The van der Waals surface area contributed by atoms with E-state index in [1.165, 1.54) is 11.3 Å². The molecular formula is C13H18N4OS2. The van der Waals surface area contributed by atoms with Crippen LogP contribution < -0.4 is 20.1 Å². The summed E-state index contributed by atoms with van der Waals surface area (Å²) in [6.45, 7) is 5.67. The fourth-order valence-corrected chi connectivity index (χ4v) is 3.24. The number of rotatable bonds is 6. The van der Waals surface area contributed by atoms with Crippen LogP contribution in [0.2, 0.25) is 0 Å². The average molecular weight is 310 g/mol. The molecule has 2 aromatic rings. The first kappa shape index (κ1) is 15.0. The van der Waals surface area contributed by atoms with Crippen LogP contribution in [0.3, 0.4) is 0 Å².